The Balaban J connectivity index is 1.90. The van der Waals surface area contributed by atoms with E-state index in [4.69, 9.17) is 11.6 Å². The zero-order valence-corrected chi connectivity index (χ0v) is 13.2. The number of hydrogen-bond donors (Lipinski definition) is 1. The highest BCUT2D eigenvalue weighted by Gasteiger charge is 2.27. The minimum Gasteiger partial charge on any atom is -0.387 e. The van der Waals surface area contributed by atoms with Crippen LogP contribution in [0.15, 0.2) is 24.3 Å². The fraction of sp³-hybridized carbons (Fsp3) is 0.625. The second-order valence-corrected chi connectivity index (χ2v) is 5.87. The number of halogens is 1. The van der Waals surface area contributed by atoms with Gasteiger partial charge < -0.3 is 5.11 Å². The molecular weight excluding hydrogens is 272 g/mol. The molecule has 112 valence electrons. The third kappa shape index (κ3) is 3.73. The van der Waals surface area contributed by atoms with Gasteiger partial charge >= 0.3 is 0 Å². The fourth-order valence-corrected chi connectivity index (χ4v) is 3.37. The van der Waals surface area contributed by atoms with Gasteiger partial charge in [-0.25, -0.2) is 0 Å². The summed E-state index contributed by atoms with van der Waals surface area (Å²) in [5.41, 5.74) is 0.834. The summed E-state index contributed by atoms with van der Waals surface area (Å²) in [4.78, 5) is 4.85. The van der Waals surface area contributed by atoms with Crippen molar-refractivity contribution in [2.75, 3.05) is 32.7 Å². The molecule has 4 heteroatoms. The first-order valence-electron chi connectivity index (χ1n) is 7.54. The Labute approximate surface area is 127 Å². The first-order chi connectivity index (χ1) is 9.65. The molecule has 1 saturated heterocycles. The molecule has 0 spiro atoms. The van der Waals surface area contributed by atoms with E-state index in [-0.39, 0.29) is 0 Å². The van der Waals surface area contributed by atoms with Gasteiger partial charge in [-0.2, -0.15) is 0 Å². The van der Waals surface area contributed by atoms with Crippen LogP contribution in [0.1, 0.15) is 31.9 Å². The number of hydrogen-bond acceptors (Lipinski definition) is 3. The van der Waals surface area contributed by atoms with Crippen molar-refractivity contribution < 1.29 is 5.11 Å². The molecule has 2 rings (SSSR count). The maximum atomic E-state index is 10.4. The van der Waals surface area contributed by atoms with Crippen LogP contribution in [0.3, 0.4) is 0 Å². The molecule has 2 atom stereocenters. The molecule has 1 fully saturated rings. The van der Waals surface area contributed by atoms with Gasteiger partial charge in [0.1, 0.15) is 0 Å². The van der Waals surface area contributed by atoms with Gasteiger partial charge in [0, 0.05) is 29.7 Å². The molecule has 0 radical (unpaired) electrons. The van der Waals surface area contributed by atoms with Crippen molar-refractivity contribution in [3.63, 3.8) is 0 Å². The van der Waals surface area contributed by atoms with E-state index >= 15 is 0 Å². The topological polar surface area (TPSA) is 26.7 Å². The number of aliphatic hydroxyl groups is 1. The molecule has 2 unspecified atom stereocenters. The SMILES string of the molecule is CCN(CC)C1CCN(CC(O)c2ccccc2Cl)C1. The quantitative estimate of drug-likeness (QED) is 0.874. The number of benzene rings is 1. The number of rotatable bonds is 6. The molecule has 3 nitrogen and oxygen atoms in total. The van der Waals surface area contributed by atoms with Crippen molar-refractivity contribution >= 4 is 11.6 Å². The Morgan fingerprint density at radius 2 is 2.05 bits per heavy atom. The van der Waals surface area contributed by atoms with Crippen LogP contribution in [0.5, 0.6) is 0 Å². The Kier molecular flexibility index (Phi) is 5.85. The van der Waals surface area contributed by atoms with Gasteiger partial charge in [0.25, 0.3) is 0 Å². The summed E-state index contributed by atoms with van der Waals surface area (Å²) < 4.78 is 0. The number of β-amino-alcohol motifs (C(OH)–C–C–N with tert-alkyl or cyclic N) is 1. The van der Waals surface area contributed by atoms with E-state index in [0.29, 0.717) is 17.6 Å². The number of likely N-dealkylation sites (tertiary alicyclic amines) is 1. The monoisotopic (exact) mass is 296 g/mol. The Hall–Kier alpha value is -0.610. The second-order valence-electron chi connectivity index (χ2n) is 5.46. The van der Waals surface area contributed by atoms with Crippen LogP contribution in [0.4, 0.5) is 0 Å². The molecule has 1 N–H and O–H groups in total. The predicted octanol–water partition coefficient (Wildman–Crippen LogP) is 2.79. The Morgan fingerprint density at radius 1 is 1.35 bits per heavy atom. The summed E-state index contributed by atoms with van der Waals surface area (Å²) in [6.45, 7) is 9.40. The van der Waals surface area contributed by atoms with Crippen LogP contribution < -0.4 is 0 Å². The molecule has 0 aromatic heterocycles. The Bertz CT molecular complexity index is 423. The van der Waals surface area contributed by atoms with Gasteiger partial charge in [0.2, 0.25) is 0 Å². The highest BCUT2D eigenvalue weighted by molar-refractivity contribution is 6.31. The summed E-state index contributed by atoms with van der Waals surface area (Å²) in [7, 11) is 0. The molecule has 1 heterocycles. The summed E-state index contributed by atoms with van der Waals surface area (Å²) in [5.74, 6) is 0. The molecule has 1 aliphatic heterocycles. The average Bonchev–Trinajstić information content (AvgIpc) is 2.89. The van der Waals surface area contributed by atoms with E-state index in [1.807, 2.05) is 24.3 Å². The van der Waals surface area contributed by atoms with Gasteiger partial charge in [-0.1, -0.05) is 43.6 Å². The number of likely N-dealkylation sites (N-methyl/N-ethyl adjacent to an activating group) is 1. The van der Waals surface area contributed by atoms with Crippen LogP contribution >= 0.6 is 11.6 Å². The third-order valence-electron chi connectivity index (χ3n) is 4.27. The summed E-state index contributed by atoms with van der Waals surface area (Å²) in [6, 6.07) is 8.19. The zero-order valence-electron chi connectivity index (χ0n) is 12.4. The molecule has 1 aliphatic rings. The fourth-order valence-electron chi connectivity index (χ4n) is 3.10. The summed E-state index contributed by atoms with van der Waals surface area (Å²) in [6.07, 6.45) is 0.691. The van der Waals surface area contributed by atoms with E-state index in [2.05, 4.69) is 23.6 Å². The van der Waals surface area contributed by atoms with Crippen molar-refractivity contribution in [3.8, 4) is 0 Å². The number of aliphatic hydroxyl groups excluding tert-OH is 1. The van der Waals surface area contributed by atoms with Crippen LogP contribution in [0, 0.1) is 0 Å². The number of nitrogens with zero attached hydrogens (tertiary/aromatic N) is 2. The maximum absolute atomic E-state index is 10.4. The van der Waals surface area contributed by atoms with Crippen molar-refractivity contribution in [3.05, 3.63) is 34.9 Å². The van der Waals surface area contributed by atoms with Gasteiger partial charge in [-0.3, -0.25) is 9.80 Å². The molecular formula is C16H25ClN2O. The van der Waals surface area contributed by atoms with E-state index in [1.165, 1.54) is 6.42 Å². The van der Waals surface area contributed by atoms with Crippen molar-refractivity contribution in [2.24, 2.45) is 0 Å². The average molecular weight is 297 g/mol. The van der Waals surface area contributed by atoms with Crippen molar-refractivity contribution in [2.45, 2.75) is 32.4 Å². The van der Waals surface area contributed by atoms with E-state index in [1.54, 1.807) is 0 Å². The van der Waals surface area contributed by atoms with E-state index in [9.17, 15) is 5.11 Å². The lowest BCUT2D eigenvalue weighted by molar-refractivity contribution is 0.119. The van der Waals surface area contributed by atoms with Crippen LogP contribution in [-0.4, -0.2) is 53.7 Å². The normalized spacial score (nSPS) is 21.6. The lowest BCUT2D eigenvalue weighted by Gasteiger charge is -2.27. The molecule has 0 aliphatic carbocycles. The third-order valence-corrected chi connectivity index (χ3v) is 4.62. The van der Waals surface area contributed by atoms with Crippen molar-refractivity contribution in [1.29, 1.82) is 0 Å². The minimum absolute atomic E-state index is 0.501. The molecule has 1 aromatic rings. The van der Waals surface area contributed by atoms with Gasteiger partial charge in [0.15, 0.2) is 0 Å². The van der Waals surface area contributed by atoms with Crippen LogP contribution in [0.25, 0.3) is 0 Å². The largest absolute Gasteiger partial charge is 0.387 e. The second kappa shape index (κ2) is 7.41. The molecule has 0 amide bonds. The summed E-state index contributed by atoms with van der Waals surface area (Å²) in [5, 5.41) is 11.0. The van der Waals surface area contributed by atoms with Crippen molar-refractivity contribution in [1.82, 2.24) is 9.80 Å². The smallest absolute Gasteiger partial charge is 0.0931 e. The molecule has 0 saturated carbocycles. The lowest BCUT2D eigenvalue weighted by Crippen LogP contribution is -2.38. The van der Waals surface area contributed by atoms with Gasteiger partial charge in [-0.15, -0.1) is 0 Å². The highest BCUT2D eigenvalue weighted by Crippen LogP contribution is 2.25. The first kappa shape index (κ1) is 15.8. The predicted molar refractivity (Wildman–Crippen MR) is 84.2 cm³/mol. The minimum atomic E-state index is -0.501. The van der Waals surface area contributed by atoms with Gasteiger partial charge in [-0.05, 0) is 32.1 Å². The maximum Gasteiger partial charge on any atom is 0.0931 e. The van der Waals surface area contributed by atoms with Gasteiger partial charge in [0.05, 0.1) is 6.10 Å². The van der Waals surface area contributed by atoms with Crippen LogP contribution in [-0.2, 0) is 0 Å². The molecule has 0 bridgehead atoms. The Morgan fingerprint density at radius 3 is 2.70 bits per heavy atom. The first-order valence-corrected chi connectivity index (χ1v) is 7.92. The van der Waals surface area contributed by atoms with E-state index in [0.717, 1.165) is 31.7 Å². The zero-order chi connectivity index (χ0) is 14.5. The van der Waals surface area contributed by atoms with E-state index < -0.39 is 6.10 Å². The molecule has 20 heavy (non-hydrogen) atoms. The standard InChI is InChI=1S/C16H25ClN2O/c1-3-19(4-2)13-9-10-18(11-13)12-16(20)14-7-5-6-8-15(14)17/h5-8,13,16,20H,3-4,9-12H2,1-2H3. The summed E-state index contributed by atoms with van der Waals surface area (Å²) >= 11 is 6.14. The highest BCUT2D eigenvalue weighted by atomic mass is 35.5. The lowest BCUT2D eigenvalue weighted by atomic mass is 10.1. The van der Waals surface area contributed by atoms with Crippen LogP contribution in [0.2, 0.25) is 5.02 Å². The molecule has 1 aromatic carbocycles.